The molecule has 0 aliphatic heterocycles. The molecule has 26 heavy (non-hydrogen) atoms. The van der Waals surface area contributed by atoms with E-state index in [1.807, 2.05) is 12.1 Å². The van der Waals surface area contributed by atoms with E-state index in [0.717, 1.165) is 0 Å². The van der Waals surface area contributed by atoms with Crippen LogP contribution in [-0.2, 0) is 18.8 Å². The van der Waals surface area contributed by atoms with E-state index in [9.17, 15) is 14.7 Å². The van der Waals surface area contributed by atoms with Crippen LogP contribution in [0.4, 0.5) is 0 Å². The van der Waals surface area contributed by atoms with Crippen molar-refractivity contribution in [1.29, 1.82) is 0 Å². The standard InChI is InChI=1S/C19H24NO5P/c1-4-24-26(23,25-5-2)19(16(3)20(21)22,17-12-8-6-9-13-17)18-14-10-7-11-15-18/h6-16H,4-5H2,1-3H3. The summed E-state index contributed by atoms with van der Waals surface area (Å²) in [7, 11) is -3.96. The molecular weight excluding hydrogens is 353 g/mol. The maximum atomic E-state index is 14.0. The van der Waals surface area contributed by atoms with Gasteiger partial charge in [-0.1, -0.05) is 60.7 Å². The second kappa shape index (κ2) is 8.58. The quantitative estimate of drug-likeness (QED) is 0.354. The summed E-state index contributed by atoms with van der Waals surface area (Å²) < 4.78 is 25.3. The van der Waals surface area contributed by atoms with E-state index in [4.69, 9.17) is 9.05 Å². The molecule has 1 atom stereocenters. The molecule has 6 nitrogen and oxygen atoms in total. The Bertz CT molecular complexity index is 717. The van der Waals surface area contributed by atoms with E-state index in [-0.39, 0.29) is 13.2 Å². The topological polar surface area (TPSA) is 78.7 Å². The van der Waals surface area contributed by atoms with Gasteiger partial charge in [-0.15, -0.1) is 0 Å². The van der Waals surface area contributed by atoms with Gasteiger partial charge in [0.2, 0.25) is 6.04 Å². The summed E-state index contributed by atoms with van der Waals surface area (Å²) >= 11 is 0. The van der Waals surface area contributed by atoms with Gasteiger partial charge in [0, 0.05) is 11.8 Å². The second-order valence-electron chi connectivity index (χ2n) is 5.79. The van der Waals surface area contributed by atoms with Crippen molar-refractivity contribution in [1.82, 2.24) is 0 Å². The fourth-order valence-electron chi connectivity index (χ4n) is 3.31. The second-order valence-corrected chi connectivity index (χ2v) is 8.01. The molecule has 0 heterocycles. The molecule has 140 valence electrons. The van der Waals surface area contributed by atoms with Crippen LogP contribution < -0.4 is 0 Å². The van der Waals surface area contributed by atoms with Gasteiger partial charge in [-0.25, -0.2) is 0 Å². The molecule has 0 N–H and O–H groups in total. The first-order chi connectivity index (χ1) is 12.4. The van der Waals surface area contributed by atoms with Crippen LogP contribution in [-0.4, -0.2) is 24.2 Å². The Hall–Kier alpha value is -2.01. The van der Waals surface area contributed by atoms with Crippen molar-refractivity contribution in [3.8, 4) is 0 Å². The lowest BCUT2D eigenvalue weighted by molar-refractivity contribution is -0.524. The van der Waals surface area contributed by atoms with Gasteiger partial charge in [0.05, 0.1) is 13.2 Å². The smallest absolute Gasteiger partial charge is 0.308 e. The summed E-state index contributed by atoms with van der Waals surface area (Å²) in [5.41, 5.74) is 1.06. The Kier molecular flexibility index (Phi) is 6.70. The largest absolute Gasteiger partial charge is 0.352 e. The maximum Gasteiger partial charge on any atom is 0.352 e. The van der Waals surface area contributed by atoms with Crippen molar-refractivity contribution in [2.45, 2.75) is 32.0 Å². The molecule has 0 saturated heterocycles. The zero-order chi connectivity index (χ0) is 19.2. The van der Waals surface area contributed by atoms with Crippen molar-refractivity contribution in [2.24, 2.45) is 0 Å². The monoisotopic (exact) mass is 377 g/mol. The predicted octanol–water partition coefficient (Wildman–Crippen LogP) is 4.86. The molecule has 0 fully saturated rings. The van der Waals surface area contributed by atoms with Crippen molar-refractivity contribution in [2.75, 3.05) is 13.2 Å². The zero-order valence-electron chi connectivity index (χ0n) is 15.2. The van der Waals surface area contributed by atoms with E-state index in [2.05, 4.69) is 0 Å². The van der Waals surface area contributed by atoms with Crippen LogP contribution in [0, 0.1) is 10.1 Å². The Morgan fingerprint density at radius 2 is 1.35 bits per heavy atom. The van der Waals surface area contributed by atoms with Gasteiger partial charge in [0.25, 0.3) is 0 Å². The number of rotatable bonds is 9. The molecule has 0 radical (unpaired) electrons. The van der Waals surface area contributed by atoms with E-state index in [0.29, 0.717) is 11.1 Å². The number of nitro groups is 1. The fraction of sp³-hybridized carbons (Fsp3) is 0.368. The van der Waals surface area contributed by atoms with E-state index >= 15 is 0 Å². The van der Waals surface area contributed by atoms with Crippen molar-refractivity contribution >= 4 is 7.60 Å². The first-order valence-corrected chi connectivity index (χ1v) is 10.1. The van der Waals surface area contributed by atoms with Gasteiger partial charge >= 0.3 is 7.60 Å². The van der Waals surface area contributed by atoms with Crippen LogP contribution in [0.25, 0.3) is 0 Å². The van der Waals surface area contributed by atoms with Gasteiger partial charge in [-0.3, -0.25) is 14.7 Å². The third-order valence-corrected chi connectivity index (χ3v) is 7.33. The molecule has 2 aromatic rings. The zero-order valence-corrected chi connectivity index (χ0v) is 16.1. The van der Waals surface area contributed by atoms with Gasteiger partial charge in [-0.2, -0.15) is 0 Å². The summed E-state index contributed by atoms with van der Waals surface area (Å²) in [5, 5.41) is 10.4. The lowest BCUT2D eigenvalue weighted by Gasteiger charge is -2.39. The highest BCUT2D eigenvalue weighted by Crippen LogP contribution is 2.69. The van der Waals surface area contributed by atoms with E-state index < -0.39 is 23.7 Å². The number of benzene rings is 2. The third-order valence-electron chi connectivity index (χ3n) is 4.38. The molecule has 0 spiro atoms. The third kappa shape index (κ3) is 3.45. The maximum absolute atomic E-state index is 14.0. The van der Waals surface area contributed by atoms with Gasteiger partial charge in [-0.05, 0) is 25.0 Å². The fourth-order valence-corrected chi connectivity index (χ4v) is 5.96. The average Bonchev–Trinajstić information content (AvgIpc) is 2.64. The Labute approximate surface area is 153 Å². The SMILES string of the molecule is CCOP(=O)(OCC)C(c1ccccc1)(c1ccccc1)C(C)[N+](=O)[O-]. The number of hydrogen-bond acceptors (Lipinski definition) is 5. The minimum atomic E-state index is -3.96. The van der Waals surface area contributed by atoms with Crippen LogP contribution in [0.15, 0.2) is 60.7 Å². The van der Waals surface area contributed by atoms with Gasteiger partial charge in [0.1, 0.15) is 0 Å². The van der Waals surface area contributed by atoms with Gasteiger partial charge in [0.15, 0.2) is 5.16 Å². The Balaban J connectivity index is 2.94. The van der Waals surface area contributed by atoms with Crippen molar-refractivity contribution in [3.05, 3.63) is 81.9 Å². The molecule has 0 amide bonds. The summed E-state index contributed by atoms with van der Waals surface area (Å²) in [6.45, 7) is 5.07. The van der Waals surface area contributed by atoms with Crippen LogP contribution in [0.1, 0.15) is 31.9 Å². The van der Waals surface area contributed by atoms with Crippen LogP contribution >= 0.6 is 7.60 Å². The summed E-state index contributed by atoms with van der Waals surface area (Å²) in [6, 6.07) is 16.4. The average molecular weight is 377 g/mol. The minimum Gasteiger partial charge on any atom is -0.308 e. The van der Waals surface area contributed by atoms with Crippen LogP contribution in [0.3, 0.4) is 0 Å². The van der Waals surface area contributed by atoms with E-state index in [1.54, 1.807) is 62.4 Å². The van der Waals surface area contributed by atoms with Crippen LogP contribution in [0.2, 0.25) is 0 Å². The number of hydrogen-bond donors (Lipinski definition) is 0. The summed E-state index contributed by atoms with van der Waals surface area (Å²) in [4.78, 5) is 11.5. The summed E-state index contributed by atoms with van der Waals surface area (Å²) in [5.74, 6) is 0. The Morgan fingerprint density at radius 1 is 0.962 bits per heavy atom. The minimum absolute atomic E-state index is 0.114. The lowest BCUT2D eigenvalue weighted by Crippen LogP contribution is -2.44. The molecule has 2 aromatic carbocycles. The molecule has 0 saturated carbocycles. The lowest BCUT2D eigenvalue weighted by atomic mass is 9.85. The normalized spacial score (nSPS) is 13.3. The molecule has 0 aromatic heterocycles. The highest BCUT2D eigenvalue weighted by atomic mass is 31.2. The van der Waals surface area contributed by atoms with Crippen LogP contribution in [0.5, 0.6) is 0 Å². The molecule has 7 heteroatoms. The Morgan fingerprint density at radius 3 is 1.65 bits per heavy atom. The molecule has 0 aliphatic rings. The summed E-state index contributed by atoms with van der Waals surface area (Å²) in [6.07, 6.45) is 0. The number of nitrogens with zero attached hydrogens (tertiary/aromatic N) is 1. The van der Waals surface area contributed by atoms with Crippen molar-refractivity contribution < 1.29 is 18.5 Å². The highest BCUT2D eigenvalue weighted by molar-refractivity contribution is 7.55. The predicted molar refractivity (Wildman–Crippen MR) is 101 cm³/mol. The first kappa shape index (κ1) is 20.3. The molecule has 1 unspecified atom stereocenters. The first-order valence-electron chi connectivity index (χ1n) is 8.57. The highest BCUT2D eigenvalue weighted by Gasteiger charge is 2.62. The van der Waals surface area contributed by atoms with Crippen molar-refractivity contribution in [3.63, 3.8) is 0 Å². The van der Waals surface area contributed by atoms with Gasteiger partial charge < -0.3 is 9.05 Å². The molecular formula is C19H24NO5P. The molecule has 0 bridgehead atoms. The van der Waals surface area contributed by atoms with E-state index in [1.165, 1.54) is 6.92 Å². The molecule has 0 aliphatic carbocycles. The molecule has 2 rings (SSSR count).